The first-order valence-corrected chi connectivity index (χ1v) is 9.51. The van der Waals surface area contributed by atoms with Crippen molar-refractivity contribution in [2.75, 3.05) is 25.0 Å². The van der Waals surface area contributed by atoms with Crippen LogP contribution >= 0.6 is 24.0 Å². The van der Waals surface area contributed by atoms with Gasteiger partial charge in [0.1, 0.15) is 5.82 Å². The van der Waals surface area contributed by atoms with Gasteiger partial charge in [0.05, 0.1) is 17.9 Å². The maximum atomic E-state index is 14.2. The highest BCUT2D eigenvalue weighted by atomic mass is 127. The molecule has 1 saturated heterocycles. The highest BCUT2D eigenvalue weighted by Crippen LogP contribution is 2.24. The number of rotatable bonds is 5. The van der Waals surface area contributed by atoms with Gasteiger partial charge >= 0.3 is 0 Å². The van der Waals surface area contributed by atoms with Gasteiger partial charge in [-0.1, -0.05) is 18.1 Å². The number of aryl methyl sites for hydroxylation is 2. The third-order valence-corrected chi connectivity index (χ3v) is 4.83. The average molecular weight is 501 g/mol. The zero-order valence-electron chi connectivity index (χ0n) is 16.7. The van der Waals surface area contributed by atoms with E-state index in [0.717, 1.165) is 49.4 Å². The van der Waals surface area contributed by atoms with E-state index in [0.29, 0.717) is 18.2 Å². The molecular weight excluding hydrogens is 472 g/mol. The molecule has 2 aromatic rings. The molecule has 3 rings (SSSR count). The van der Waals surface area contributed by atoms with Gasteiger partial charge in [-0.15, -0.1) is 24.0 Å². The molecule has 0 bridgehead atoms. The summed E-state index contributed by atoms with van der Waals surface area (Å²) < 4.78 is 19.5. The Morgan fingerprint density at radius 3 is 2.93 bits per heavy atom. The summed E-state index contributed by atoms with van der Waals surface area (Å²) in [5, 5.41) is 10.7. The molecule has 0 aliphatic carbocycles. The van der Waals surface area contributed by atoms with Crippen LogP contribution in [0.4, 0.5) is 10.1 Å². The monoisotopic (exact) mass is 501 g/mol. The van der Waals surface area contributed by atoms with E-state index in [1.165, 1.54) is 0 Å². The van der Waals surface area contributed by atoms with Gasteiger partial charge < -0.3 is 20.1 Å². The van der Waals surface area contributed by atoms with Crippen molar-refractivity contribution in [3.05, 3.63) is 47.1 Å². The van der Waals surface area contributed by atoms with E-state index in [1.54, 1.807) is 19.2 Å². The van der Waals surface area contributed by atoms with Gasteiger partial charge in [-0.05, 0) is 43.9 Å². The Bertz CT molecular complexity index is 795. The standard InChI is InChI=1S/C20H28FN5O.HI/c1-4-15-11-17(27-25-15)12-23-20(22-3)24-16-6-5-9-26(13-16)19-10-14(2)7-8-18(19)21;/h7-8,10-11,16H,4-6,9,12-13H2,1-3H3,(H2,22,23,24);1H. The number of anilines is 1. The second-order valence-corrected chi connectivity index (χ2v) is 6.95. The molecule has 2 N–H and O–H groups in total. The van der Waals surface area contributed by atoms with Crippen LogP contribution in [0.1, 0.15) is 36.8 Å². The average Bonchev–Trinajstić information content (AvgIpc) is 3.15. The summed E-state index contributed by atoms with van der Waals surface area (Å²) in [6.07, 6.45) is 2.88. The Balaban J connectivity index is 0.00000280. The van der Waals surface area contributed by atoms with E-state index in [1.807, 2.05) is 26.0 Å². The fourth-order valence-electron chi connectivity index (χ4n) is 3.34. The number of benzene rings is 1. The predicted octanol–water partition coefficient (Wildman–Crippen LogP) is 3.64. The van der Waals surface area contributed by atoms with E-state index in [-0.39, 0.29) is 35.8 Å². The lowest BCUT2D eigenvalue weighted by molar-refractivity contribution is 0.374. The second-order valence-electron chi connectivity index (χ2n) is 6.95. The summed E-state index contributed by atoms with van der Waals surface area (Å²) in [6.45, 7) is 6.16. The van der Waals surface area contributed by atoms with Crippen LogP contribution in [0.2, 0.25) is 0 Å². The smallest absolute Gasteiger partial charge is 0.191 e. The van der Waals surface area contributed by atoms with E-state index in [9.17, 15) is 4.39 Å². The largest absolute Gasteiger partial charge is 0.367 e. The quantitative estimate of drug-likeness (QED) is 0.372. The molecule has 2 heterocycles. The summed E-state index contributed by atoms with van der Waals surface area (Å²) in [4.78, 5) is 6.41. The summed E-state index contributed by atoms with van der Waals surface area (Å²) in [5.41, 5.74) is 2.69. The molecular formula is C20H29FIN5O. The summed E-state index contributed by atoms with van der Waals surface area (Å²) in [7, 11) is 1.74. The van der Waals surface area contributed by atoms with Gasteiger partial charge in [0.15, 0.2) is 11.7 Å². The number of aliphatic imine (C=N–C) groups is 1. The Hall–Kier alpha value is -1.84. The molecule has 0 amide bonds. The van der Waals surface area contributed by atoms with E-state index < -0.39 is 0 Å². The predicted molar refractivity (Wildman–Crippen MR) is 121 cm³/mol. The molecule has 0 radical (unpaired) electrons. The van der Waals surface area contributed by atoms with Crippen LogP contribution in [0, 0.1) is 12.7 Å². The molecule has 28 heavy (non-hydrogen) atoms. The minimum Gasteiger partial charge on any atom is -0.367 e. The zero-order valence-corrected chi connectivity index (χ0v) is 19.0. The lowest BCUT2D eigenvalue weighted by Gasteiger charge is -2.35. The third kappa shape index (κ3) is 5.83. The number of piperidine rings is 1. The van der Waals surface area contributed by atoms with Crippen LogP contribution < -0.4 is 15.5 Å². The van der Waals surface area contributed by atoms with Crippen molar-refractivity contribution in [3.8, 4) is 0 Å². The van der Waals surface area contributed by atoms with Crippen LogP contribution in [0.25, 0.3) is 0 Å². The first-order valence-electron chi connectivity index (χ1n) is 9.51. The van der Waals surface area contributed by atoms with E-state index in [2.05, 4.69) is 25.7 Å². The lowest BCUT2D eigenvalue weighted by Crippen LogP contribution is -2.51. The van der Waals surface area contributed by atoms with E-state index >= 15 is 0 Å². The van der Waals surface area contributed by atoms with Crippen molar-refractivity contribution in [2.45, 2.75) is 45.7 Å². The Morgan fingerprint density at radius 2 is 2.21 bits per heavy atom. The molecule has 0 spiro atoms. The Labute approximate surface area is 183 Å². The summed E-state index contributed by atoms with van der Waals surface area (Å²) in [6, 6.07) is 7.41. The van der Waals surface area contributed by atoms with Crippen LogP contribution in [0.3, 0.4) is 0 Å². The van der Waals surface area contributed by atoms with Crippen LogP contribution in [0.5, 0.6) is 0 Å². The van der Waals surface area contributed by atoms with Crippen molar-refractivity contribution in [1.29, 1.82) is 0 Å². The topological polar surface area (TPSA) is 65.7 Å². The zero-order chi connectivity index (χ0) is 19.2. The van der Waals surface area contributed by atoms with Crippen molar-refractivity contribution in [3.63, 3.8) is 0 Å². The van der Waals surface area contributed by atoms with Gasteiger partial charge in [-0.3, -0.25) is 4.99 Å². The summed E-state index contributed by atoms with van der Waals surface area (Å²) in [5.74, 6) is 1.32. The van der Waals surface area contributed by atoms with Crippen LogP contribution in [-0.2, 0) is 13.0 Å². The van der Waals surface area contributed by atoms with Crippen LogP contribution in [-0.4, -0.2) is 37.3 Å². The fourth-order valence-corrected chi connectivity index (χ4v) is 3.34. The van der Waals surface area contributed by atoms with Gasteiger partial charge in [0.25, 0.3) is 0 Å². The molecule has 154 valence electrons. The van der Waals surface area contributed by atoms with Gasteiger partial charge in [0, 0.05) is 32.2 Å². The van der Waals surface area contributed by atoms with E-state index in [4.69, 9.17) is 4.52 Å². The molecule has 1 aliphatic rings. The number of halogens is 2. The first kappa shape index (κ1) is 22.4. The molecule has 1 atom stereocenters. The van der Waals surface area contributed by atoms with Crippen LogP contribution in [0.15, 0.2) is 33.8 Å². The molecule has 1 aromatic carbocycles. The fraction of sp³-hybridized carbons (Fsp3) is 0.500. The molecule has 6 nitrogen and oxygen atoms in total. The first-order chi connectivity index (χ1) is 13.1. The molecule has 8 heteroatoms. The second kappa shape index (κ2) is 10.6. The normalized spacial score (nSPS) is 17.2. The van der Waals surface area contributed by atoms with Gasteiger partial charge in [-0.25, -0.2) is 4.39 Å². The number of aromatic nitrogens is 1. The Morgan fingerprint density at radius 1 is 1.39 bits per heavy atom. The highest BCUT2D eigenvalue weighted by Gasteiger charge is 2.23. The number of hydrogen-bond donors (Lipinski definition) is 2. The number of nitrogens with zero attached hydrogens (tertiary/aromatic N) is 3. The van der Waals surface area contributed by atoms with Crippen molar-refractivity contribution < 1.29 is 8.91 Å². The maximum absolute atomic E-state index is 14.2. The number of nitrogens with one attached hydrogen (secondary N) is 2. The maximum Gasteiger partial charge on any atom is 0.191 e. The highest BCUT2D eigenvalue weighted by molar-refractivity contribution is 14.0. The number of guanidine groups is 1. The number of hydrogen-bond acceptors (Lipinski definition) is 4. The minimum absolute atomic E-state index is 0. The Kier molecular flexibility index (Phi) is 8.53. The molecule has 0 saturated carbocycles. The molecule has 1 unspecified atom stereocenters. The van der Waals surface area contributed by atoms with Crippen molar-refractivity contribution in [2.24, 2.45) is 4.99 Å². The van der Waals surface area contributed by atoms with Gasteiger partial charge in [0.2, 0.25) is 0 Å². The third-order valence-electron chi connectivity index (χ3n) is 4.83. The molecule has 1 fully saturated rings. The van der Waals surface area contributed by atoms with Gasteiger partial charge in [-0.2, -0.15) is 0 Å². The summed E-state index contributed by atoms with van der Waals surface area (Å²) >= 11 is 0. The minimum atomic E-state index is -0.166. The van der Waals surface area contributed by atoms with Crippen molar-refractivity contribution in [1.82, 2.24) is 15.8 Å². The molecule has 1 aromatic heterocycles. The molecule has 1 aliphatic heterocycles. The lowest BCUT2D eigenvalue weighted by atomic mass is 10.0. The van der Waals surface area contributed by atoms with Crippen molar-refractivity contribution >= 4 is 35.6 Å². The SMILES string of the molecule is CCc1cc(CNC(=NC)NC2CCCN(c3cc(C)ccc3F)C2)on1.I.